The van der Waals surface area contributed by atoms with E-state index in [9.17, 15) is 4.79 Å². The third-order valence-corrected chi connectivity index (χ3v) is 7.97. The van der Waals surface area contributed by atoms with E-state index in [-0.39, 0.29) is 11.8 Å². The highest BCUT2D eigenvalue weighted by atomic mass is 35.5. The second-order valence-electron chi connectivity index (χ2n) is 8.57. The van der Waals surface area contributed by atoms with Crippen molar-refractivity contribution in [1.29, 1.82) is 0 Å². The summed E-state index contributed by atoms with van der Waals surface area (Å²) in [4.78, 5) is 13.5. The number of allylic oxidation sites excluding steroid dienone is 1. The molecule has 1 aliphatic heterocycles. The largest absolute Gasteiger partial charge is 0.456 e. The summed E-state index contributed by atoms with van der Waals surface area (Å²) < 4.78 is 7.40. The fourth-order valence-electron chi connectivity index (χ4n) is 4.60. The van der Waals surface area contributed by atoms with Gasteiger partial charge in [0.05, 0.1) is 11.2 Å². The number of carbonyl (C=O) groups excluding carboxylic acids is 1. The van der Waals surface area contributed by atoms with Crippen molar-refractivity contribution in [2.24, 2.45) is 5.10 Å². The van der Waals surface area contributed by atoms with Crippen LogP contribution in [0.4, 0.5) is 0 Å². The third kappa shape index (κ3) is 4.44. The first-order valence-corrected chi connectivity index (χ1v) is 13.0. The van der Waals surface area contributed by atoms with Gasteiger partial charge in [0, 0.05) is 32.7 Å². The van der Waals surface area contributed by atoms with E-state index in [1.807, 2.05) is 91.0 Å². The van der Waals surface area contributed by atoms with Gasteiger partial charge in [-0.2, -0.15) is 5.10 Å². The normalized spacial score (nSPS) is 15.0. The Hall–Kier alpha value is -4.19. The Morgan fingerprint density at radius 3 is 2.32 bits per heavy atom. The van der Waals surface area contributed by atoms with Crippen molar-refractivity contribution in [1.82, 2.24) is 5.43 Å². The maximum atomic E-state index is 13.0. The van der Waals surface area contributed by atoms with Gasteiger partial charge in [-0.05, 0) is 17.7 Å². The van der Waals surface area contributed by atoms with E-state index in [1.54, 1.807) is 6.21 Å². The Bertz CT molecular complexity index is 1660. The number of amides is 1. The number of ether oxygens (including phenoxy) is 1. The van der Waals surface area contributed by atoms with E-state index in [1.165, 1.54) is 11.3 Å². The molecule has 0 spiro atoms. The molecule has 0 bridgehead atoms. The van der Waals surface area contributed by atoms with Gasteiger partial charge in [-0.3, -0.25) is 4.79 Å². The molecule has 180 valence electrons. The Labute approximate surface area is 223 Å². The lowest BCUT2D eigenvalue weighted by molar-refractivity contribution is 0.0959. The number of benzene rings is 4. The standard InChI is InChI=1S/C31H21ClN2O2S/c32-28-23-16-8-10-18-26(23)37-30(28)31(35)34-33-19-24-27(20-11-3-1-4-12-20)22-15-7-9-17-25(22)36-29(24)21-13-5-2-6-14-21/h1-19,27H,(H,34,35)/b33-19+. The molecule has 1 amide bonds. The van der Waals surface area contributed by atoms with Crippen LogP contribution >= 0.6 is 22.9 Å². The second kappa shape index (κ2) is 10.1. The van der Waals surface area contributed by atoms with Crippen LogP contribution < -0.4 is 10.2 Å². The highest BCUT2D eigenvalue weighted by molar-refractivity contribution is 7.21. The van der Waals surface area contributed by atoms with Gasteiger partial charge in [0.25, 0.3) is 5.91 Å². The maximum absolute atomic E-state index is 13.0. The van der Waals surface area contributed by atoms with Crippen molar-refractivity contribution in [2.45, 2.75) is 5.92 Å². The molecule has 0 saturated carbocycles. The fourth-order valence-corrected chi connectivity index (χ4v) is 6.01. The number of halogens is 1. The van der Waals surface area contributed by atoms with Gasteiger partial charge in [-0.15, -0.1) is 11.3 Å². The van der Waals surface area contributed by atoms with Crippen LogP contribution in [-0.4, -0.2) is 12.1 Å². The number of rotatable bonds is 5. The average Bonchev–Trinajstić information content (AvgIpc) is 3.30. The molecule has 2 heterocycles. The van der Waals surface area contributed by atoms with Gasteiger partial charge >= 0.3 is 0 Å². The fraction of sp³-hybridized carbons (Fsp3) is 0.0323. The van der Waals surface area contributed by atoms with Crippen LogP contribution in [-0.2, 0) is 0 Å². The lowest BCUT2D eigenvalue weighted by Crippen LogP contribution is -2.20. The summed E-state index contributed by atoms with van der Waals surface area (Å²) in [5, 5.41) is 5.69. The molecule has 1 aromatic heterocycles. The molecule has 4 aromatic carbocycles. The van der Waals surface area contributed by atoms with Crippen LogP contribution in [0.2, 0.25) is 5.02 Å². The van der Waals surface area contributed by atoms with Crippen LogP contribution in [0.3, 0.4) is 0 Å². The monoisotopic (exact) mass is 520 g/mol. The summed E-state index contributed by atoms with van der Waals surface area (Å²) in [5.41, 5.74) is 6.60. The number of fused-ring (bicyclic) bond motifs is 2. The molecule has 1 aliphatic rings. The number of para-hydroxylation sites is 1. The number of carbonyl (C=O) groups is 1. The predicted molar refractivity (Wildman–Crippen MR) is 152 cm³/mol. The molecule has 5 aromatic rings. The van der Waals surface area contributed by atoms with Gasteiger partial charge in [-0.25, -0.2) is 5.43 Å². The molecule has 0 saturated heterocycles. The first kappa shape index (κ1) is 23.2. The molecule has 1 unspecified atom stereocenters. The van der Waals surface area contributed by atoms with Gasteiger partial charge < -0.3 is 4.74 Å². The summed E-state index contributed by atoms with van der Waals surface area (Å²) in [6.07, 6.45) is 1.69. The van der Waals surface area contributed by atoms with Crippen LogP contribution in [0.1, 0.15) is 32.3 Å². The van der Waals surface area contributed by atoms with Crippen LogP contribution in [0.25, 0.3) is 15.8 Å². The van der Waals surface area contributed by atoms with Crippen LogP contribution in [0.15, 0.2) is 120 Å². The summed E-state index contributed by atoms with van der Waals surface area (Å²) in [7, 11) is 0. The number of thiophene rings is 1. The molecule has 6 heteroatoms. The Kier molecular flexibility index (Phi) is 6.31. The summed E-state index contributed by atoms with van der Waals surface area (Å²) in [5.74, 6) is 1.02. The molecule has 0 radical (unpaired) electrons. The SMILES string of the molecule is O=C(N/N=C/C1=C(c2ccccc2)Oc2ccccc2C1c1ccccc1)c1sc2ccccc2c1Cl. The molecule has 37 heavy (non-hydrogen) atoms. The topological polar surface area (TPSA) is 50.7 Å². The predicted octanol–water partition coefficient (Wildman–Crippen LogP) is 7.91. The first-order valence-electron chi connectivity index (χ1n) is 11.8. The minimum absolute atomic E-state index is 0.130. The number of hydrogen-bond acceptors (Lipinski definition) is 4. The summed E-state index contributed by atoms with van der Waals surface area (Å²) in [6.45, 7) is 0. The van der Waals surface area contributed by atoms with Crippen molar-refractivity contribution in [3.8, 4) is 5.75 Å². The zero-order chi connectivity index (χ0) is 25.2. The van der Waals surface area contributed by atoms with Crippen molar-refractivity contribution in [2.75, 3.05) is 0 Å². The van der Waals surface area contributed by atoms with E-state index >= 15 is 0 Å². The highest BCUT2D eigenvalue weighted by Gasteiger charge is 2.31. The minimum atomic E-state index is -0.349. The van der Waals surface area contributed by atoms with E-state index in [4.69, 9.17) is 16.3 Å². The quantitative estimate of drug-likeness (QED) is 0.189. The summed E-state index contributed by atoms with van der Waals surface area (Å²) in [6, 6.07) is 35.9. The van der Waals surface area contributed by atoms with Gasteiger partial charge in [0.15, 0.2) is 0 Å². The molecule has 1 N–H and O–H groups in total. The summed E-state index contributed by atoms with van der Waals surface area (Å²) >= 11 is 7.86. The number of hydrazone groups is 1. The van der Waals surface area contributed by atoms with Crippen LogP contribution in [0, 0.1) is 0 Å². The Morgan fingerprint density at radius 1 is 0.865 bits per heavy atom. The Balaban J connectivity index is 1.42. The number of nitrogens with zero attached hydrogens (tertiary/aromatic N) is 1. The lowest BCUT2D eigenvalue weighted by atomic mass is 9.82. The second-order valence-corrected chi connectivity index (χ2v) is 10.0. The van der Waals surface area contributed by atoms with E-state index in [0.717, 1.165) is 38.1 Å². The highest BCUT2D eigenvalue weighted by Crippen LogP contribution is 2.45. The van der Waals surface area contributed by atoms with Crippen molar-refractivity contribution in [3.63, 3.8) is 0 Å². The van der Waals surface area contributed by atoms with Crippen molar-refractivity contribution < 1.29 is 9.53 Å². The molecule has 4 nitrogen and oxygen atoms in total. The number of hydrogen-bond donors (Lipinski definition) is 1. The Morgan fingerprint density at radius 2 is 1.54 bits per heavy atom. The minimum Gasteiger partial charge on any atom is -0.456 e. The average molecular weight is 521 g/mol. The molecular weight excluding hydrogens is 500 g/mol. The maximum Gasteiger partial charge on any atom is 0.283 e. The molecule has 1 atom stereocenters. The van der Waals surface area contributed by atoms with Crippen LogP contribution in [0.5, 0.6) is 5.75 Å². The van der Waals surface area contributed by atoms with Gasteiger partial charge in [0.2, 0.25) is 0 Å². The zero-order valence-corrected chi connectivity index (χ0v) is 21.2. The zero-order valence-electron chi connectivity index (χ0n) is 19.6. The molecular formula is C31H21ClN2O2S. The van der Waals surface area contributed by atoms with E-state index < -0.39 is 0 Å². The number of nitrogens with one attached hydrogen (secondary N) is 1. The molecule has 0 fully saturated rings. The molecule has 6 rings (SSSR count). The first-order chi connectivity index (χ1) is 18.2. The smallest absolute Gasteiger partial charge is 0.283 e. The van der Waals surface area contributed by atoms with Gasteiger partial charge in [0.1, 0.15) is 16.4 Å². The van der Waals surface area contributed by atoms with Crippen molar-refractivity contribution >= 4 is 50.9 Å². The third-order valence-electron chi connectivity index (χ3n) is 6.29. The van der Waals surface area contributed by atoms with E-state index in [2.05, 4.69) is 28.7 Å². The lowest BCUT2D eigenvalue weighted by Gasteiger charge is -2.29. The van der Waals surface area contributed by atoms with Crippen molar-refractivity contribution in [3.05, 3.63) is 141 Å². The molecule has 0 aliphatic carbocycles. The van der Waals surface area contributed by atoms with Gasteiger partial charge in [-0.1, -0.05) is 109 Å². The van der Waals surface area contributed by atoms with E-state index in [0.29, 0.717) is 15.7 Å².